The number of ether oxygens (including phenoxy) is 5. The van der Waals surface area contributed by atoms with Crippen LogP contribution >= 0.6 is 0 Å². The number of nitrogens with one attached hydrogen (secondary N) is 5. The molecule has 5 aromatic rings. The summed E-state index contributed by atoms with van der Waals surface area (Å²) in [7, 11) is 2.09. The van der Waals surface area contributed by atoms with Crippen molar-refractivity contribution in [1.29, 1.82) is 0 Å². The van der Waals surface area contributed by atoms with Crippen LogP contribution in [0.3, 0.4) is 0 Å². The van der Waals surface area contributed by atoms with Gasteiger partial charge in [0.05, 0.1) is 63.9 Å². The lowest BCUT2D eigenvalue weighted by Crippen LogP contribution is -2.36. The molecular formula is C60H76F4N8O9. The average Bonchev–Trinajstić information content (AvgIpc) is 4.01. The summed E-state index contributed by atoms with van der Waals surface area (Å²) >= 11 is 0. The summed E-state index contributed by atoms with van der Waals surface area (Å²) in [6, 6.07) is 27.0. The van der Waals surface area contributed by atoms with Crippen molar-refractivity contribution >= 4 is 45.7 Å². The van der Waals surface area contributed by atoms with E-state index in [1.54, 1.807) is 18.2 Å². The zero-order chi connectivity index (χ0) is 57.8. The van der Waals surface area contributed by atoms with Gasteiger partial charge in [0.25, 0.3) is 5.91 Å². The van der Waals surface area contributed by atoms with Crippen LogP contribution in [0.4, 0.5) is 34.6 Å². The van der Waals surface area contributed by atoms with Crippen molar-refractivity contribution in [2.45, 2.75) is 103 Å². The first kappa shape index (κ1) is 62.9. The van der Waals surface area contributed by atoms with Crippen LogP contribution in [0.2, 0.25) is 0 Å². The van der Waals surface area contributed by atoms with Crippen LogP contribution < -0.4 is 36.1 Å². The minimum Gasteiger partial charge on any atom is -0.491 e. The first-order chi connectivity index (χ1) is 39.1. The summed E-state index contributed by atoms with van der Waals surface area (Å²) in [5, 5.41) is 18.4. The molecule has 1 saturated carbocycles. The zero-order valence-corrected chi connectivity index (χ0v) is 46.5. The highest BCUT2D eigenvalue weighted by molar-refractivity contribution is 5.97. The van der Waals surface area contributed by atoms with Gasteiger partial charge in [0.2, 0.25) is 11.8 Å². The van der Waals surface area contributed by atoms with Crippen LogP contribution in [0.5, 0.6) is 11.5 Å². The molecule has 7 rings (SSSR count). The Kier molecular flexibility index (Phi) is 26.0. The zero-order valence-electron chi connectivity index (χ0n) is 46.5. The smallest absolute Gasteiger partial charge is 0.406 e. The molecule has 0 bridgehead atoms. The number of anilines is 3. The van der Waals surface area contributed by atoms with Crippen LogP contribution in [-0.2, 0) is 30.3 Å². The van der Waals surface area contributed by atoms with Crippen molar-refractivity contribution < 1.29 is 55.6 Å². The molecule has 1 atom stereocenters. The van der Waals surface area contributed by atoms with E-state index in [-0.39, 0.29) is 66.5 Å². The van der Waals surface area contributed by atoms with Gasteiger partial charge in [-0.25, -0.2) is 4.39 Å². The monoisotopic (exact) mass is 1130 g/mol. The lowest BCUT2D eigenvalue weighted by atomic mass is 9.95. The summed E-state index contributed by atoms with van der Waals surface area (Å²) in [6.07, 6.45) is 3.17. The minimum absolute atomic E-state index is 0.0607. The molecule has 0 spiro atoms. The number of hydrogen-bond acceptors (Lipinski definition) is 13. The topological polar surface area (TPSA) is 195 Å². The van der Waals surface area contributed by atoms with E-state index < -0.39 is 24.4 Å². The normalized spacial score (nSPS) is 14.4. The van der Waals surface area contributed by atoms with E-state index in [1.807, 2.05) is 67.6 Å². The fraction of sp³-hybridized carbons (Fsp3) is 0.483. The van der Waals surface area contributed by atoms with E-state index in [4.69, 9.17) is 23.7 Å². The first-order valence-electron chi connectivity index (χ1n) is 27.7. The Balaban J connectivity index is 0.000000306. The molecule has 2 fully saturated rings. The number of nitrogens with zero attached hydrogens (tertiary/aromatic N) is 3. The second kappa shape index (κ2) is 33.5. The maximum Gasteiger partial charge on any atom is 0.406 e. The molecule has 0 radical (unpaired) electrons. The SMILES string of the molecule is CC(=O)Nc1c(F)cc(C(=O)NC2CCCCC2)cc1OC(C)c1ccccc1.CN1CCC(Nc2cccc3c2cc(C#CCNc2ccc(OCCOCCOCCOCCC(=O)NCCCN=O)cc2)n3CC(F)(F)F)CC1. The summed E-state index contributed by atoms with van der Waals surface area (Å²) in [5.74, 6) is 5.16. The summed E-state index contributed by atoms with van der Waals surface area (Å²) < 4.78 is 84.8. The van der Waals surface area contributed by atoms with Gasteiger partial charge < -0.3 is 59.7 Å². The van der Waals surface area contributed by atoms with Crippen molar-refractivity contribution in [3.05, 3.63) is 119 Å². The van der Waals surface area contributed by atoms with E-state index >= 15 is 0 Å². The quantitative estimate of drug-likeness (QED) is 0.0138. The Morgan fingerprint density at radius 3 is 2.19 bits per heavy atom. The second-order valence-electron chi connectivity index (χ2n) is 19.9. The van der Waals surface area contributed by atoms with Crippen molar-refractivity contribution in [3.63, 3.8) is 0 Å². The third kappa shape index (κ3) is 22.3. The molecule has 1 aromatic heterocycles. The number of rotatable bonds is 28. The standard InChI is InChI=1S/C37H49F3N6O6.C23H27FN2O3/c1-45-18-12-30(13-19-45)44-34-6-2-7-35-33(34)27-31(46(35)28-37(38,39)40)5-3-15-41-29-8-10-32(11-9-29)52-26-25-51-24-23-50-22-21-49-20-14-36(47)42-16-4-17-43-48;1-15(17-9-5-3-6-10-17)29-21-14-18(13-20(24)22(21)25-16(2)27)23(28)26-19-11-7-4-8-12-19/h2,6-11,27,30,41,44H,4,12-26,28H2,1H3,(H,42,47);3,5-6,9-10,13-15,19H,4,7-8,11-12H2,1-2H3,(H,25,27)(H,26,28). The number of hydrogen-bond donors (Lipinski definition) is 5. The number of fused-ring (bicyclic) bond motifs is 1. The Labute approximate surface area is 471 Å². The summed E-state index contributed by atoms with van der Waals surface area (Å²) in [4.78, 5) is 48.1. The molecule has 1 unspecified atom stereocenters. The predicted octanol–water partition coefficient (Wildman–Crippen LogP) is 10.3. The molecule has 17 nitrogen and oxygen atoms in total. The highest BCUT2D eigenvalue weighted by atomic mass is 19.4. The van der Waals surface area contributed by atoms with Crippen molar-refractivity contribution in [2.24, 2.45) is 5.18 Å². The van der Waals surface area contributed by atoms with Gasteiger partial charge in [-0.2, -0.15) is 18.1 Å². The van der Waals surface area contributed by atoms with E-state index in [0.29, 0.717) is 76.2 Å². The van der Waals surface area contributed by atoms with Gasteiger partial charge in [-0.1, -0.05) is 66.8 Å². The number of aromatic nitrogens is 1. The Morgan fingerprint density at radius 2 is 1.51 bits per heavy atom. The number of likely N-dealkylation sites (tertiary alicyclic amines) is 1. The lowest BCUT2D eigenvalue weighted by molar-refractivity contribution is -0.140. The second-order valence-corrected chi connectivity index (χ2v) is 19.9. The minimum atomic E-state index is -4.39. The number of carbonyl (C=O) groups excluding carboxylic acids is 3. The van der Waals surface area contributed by atoms with Crippen LogP contribution in [0.1, 0.15) is 99.4 Å². The molecule has 4 aromatic carbocycles. The Morgan fingerprint density at radius 1 is 0.815 bits per heavy atom. The van der Waals surface area contributed by atoms with Crippen LogP contribution in [0.25, 0.3) is 10.9 Å². The van der Waals surface area contributed by atoms with Gasteiger partial charge in [-0.05, 0) is 125 Å². The van der Waals surface area contributed by atoms with Gasteiger partial charge in [0, 0.05) is 54.3 Å². The van der Waals surface area contributed by atoms with E-state index in [9.17, 15) is 36.9 Å². The van der Waals surface area contributed by atoms with E-state index in [2.05, 4.69) is 55.5 Å². The van der Waals surface area contributed by atoms with Gasteiger partial charge in [-0.3, -0.25) is 14.4 Å². The number of amides is 3. The van der Waals surface area contributed by atoms with Crippen molar-refractivity contribution in [1.82, 2.24) is 20.1 Å². The van der Waals surface area contributed by atoms with Crippen LogP contribution in [0, 0.1) is 22.6 Å². The molecule has 21 heteroatoms. The number of piperidine rings is 1. The van der Waals surface area contributed by atoms with Gasteiger partial charge in [0.1, 0.15) is 36.4 Å². The molecule has 438 valence electrons. The largest absolute Gasteiger partial charge is 0.491 e. The molecule has 1 aliphatic carbocycles. The van der Waals surface area contributed by atoms with Crippen LogP contribution in [0.15, 0.2) is 96.2 Å². The highest BCUT2D eigenvalue weighted by Gasteiger charge is 2.30. The molecule has 5 N–H and O–H groups in total. The molecule has 1 saturated heterocycles. The fourth-order valence-corrected chi connectivity index (χ4v) is 9.17. The van der Waals surface area contributed by atoms with Crippen molar-refractivity contribution in [2.75, 3.05) is 102 Å². The first-order valence-corrected chi connectivity index (χ1v) is 27.7. The number of nitroso groups, excluding NO2 is 1. The number of carbonyl (C=O) groups is 3. The molecular weight excluding hydrogens is 1050 g/mol. The summed E-state index contributed by atoms with van der Waals surface area (Å²) in [6.45, 7) is 7.42. The van der Waals surface area contributed by atoms with E-state index in [1.165, 1.54) is 24.0 Å². The Bertz CT molecular complexity index is 2810. The fourth-order valence-electron chi connectivity index (χ4n) is 9.17. The van der Waals surface area contributed by atoms with Gasteiger partial charge in [-0.15, -0.1) is 0 Å². The number of halogens is 4. The molecule has 2 heterocycles. The summed E-state index contributed by atoms with van der Waals surface area (Å²) in [5.41, 5.74) is 3.46. The molecule has 3 amide bonds. The third-order valence-corrected chi connectivity index (χ3v) is 13.4. The molecule has 81 heavy (non-hydrogen) atoms. The van der Waals surface area contributed by atoms with E-state index in [0.717, 1.165) is 80.0 Å². The van der Waals surface area contributed by atoms with Gasteiger partial charge >= 0.3 is 6.18 Å². The van der Waals surface area contributed by atoms with Crippen LogP contribution in [-0.4, -0.2) is 131 Å². The molecule has 1 aliphatic heterocycles. The average molecular weight is 1130 g/mol. The highest BCUT2D eigenvalue weighted by Crippen LogP contribution is 2.34. The van der Waals surface area contributed by atoms with Crippen molar-refractivity contribution in [3.8, 4) is 23.3 Å². The Hall–Kier alpha value is -7.25. The number of benzene rings is 4. The maximum absolute atomic E-state index is 14.8. The lowest BCUT2D eigenvalue weighted by Gasteiger charge is -2.30. The molecule has 2 aliphatic rings. The number of alkyl halides is 3. The predicted molar refractivity (Wildman–Crippen MR) is 305 cm³/mol. The maximum atomic E-state index is 14.8. The third-order valence-electron chi connectivity index (χ3n) is 13.4. The van der Waals surface area contributed by atoms with Gasteiger partial charge in [0.15, 0.2) is 5.82 Å².